The Morgan fingerprint density at radius 1 is 1.57 bits per heavy atom. The Hall–Kier alpha value is -1.66. The van der Waals surface area contributed by atoms with Crippen LogP contribution in [-0.2, 0) is 0 Å². The van der Waals surface area contributed by atoms with E-state index in [4.69, 9.17) is 16.6 Å². The first kappa shape index (κ1) is 10.4. The average Bonchev–Trinajstić information content (AvgIpc) is 2.16. The Kier molecular flexibility index (Phi) is 3.00. The van der Waals surface area contributed by atoms with E-state index < -0.39 is 11.0 Å². The van der Waals surface area contributed by atoms with Crippen molar-refractivity contribution in [1.29, 1.82) is 0 Å². The SMILES string of the molecule is Nc1ccc([N+](=O)[O-])c([C@@H](N)CO)c1. The van der Waals surface area contributed by atoms with Gasteiger partial charge in [0.15, 0.2) is 0 Å². The third kappa shape index (κ3) is 1.98. The number of nitro groups is 1. The van der Waals surface area contributed by atoms with Crippen molar-refractivity contribution in [2.24, 2.45) is 5.73 Å². The molecule has 0 amide bonds. The second-order valence-electron chi connectivity index (χ2n) is 2.86. The van der Waals surface area contributed by atoms with Crippen molar-refractivity contribution in [3.63, 3.8) is 0 Å². The maximum Gasteiger partial charge on any atom is 0.274 e. The smallest absolute Gasteiger partial charge is 0.274 e. The van der Waals surface area contributed by atoms with Crippen LogP contribution in [0.25, 0.3) is 0 Å². The summed E-state index contributed by atoms with van der Waals surface area (Å²) in [5, 5.41) is 19.4. The van der Waals surface area contributed by atoms with E-state index in [9.17, 15) is 10.1 Å². The molecule has 76 valence electrons. The summed E-state index contributed by atoms with van der Waals surface area (Å²) in [6, 6.07) is 3.32. The zero-order valence-electron chi connectivity index (χ0n) is 7.38. The molecule has 1 atom stereocenters. The molecule has 1 aromatic rings. The van der Waals surface area contributed by atoms with Gasteiger partial charge in [-0.25, -0.2) is 0 Å². The van der Waals surface area contributed by atoms with Crippen molar-refractivity contribution < 1.29 is 10.0 Å². The number of aliphatic hydroxyl groups is 1. The fourth-order valence-electron chi connectivity index (χ4n) is 1.13. The van der Waals surface area contributed by atoms with Crippen molar-refractivity contribution in [2.75, 3.05) is 12.3 Å². The molecule has 1 rings (SSSR count). The van der Waals surface area contributed by atoms with E-state index in [1.54, 1.807) is 0 Å². The lowest BCUT2D eigenvalue weighted by Gasteiger charge is -2.09. The second-order valence-corrected chi connectivity index (χ2v) is 2.86. The molecule has 6 nitrogen and oxygen atoms in total. The predicted molar refractivity (Wildman–Crippen MR) is 51.5 cm³/mol. The third-order valence-corrected chi connectivity index (χ3v) is 1.84. The molecule has 0 bridgehead atoms. The highest BCUT2D eigenvalue weighted by Crippen LogP contribution is 2.25. The highest BCUT2D eigenvalue weighted by Gasteiger charge is 2.18. The lowest BCUT2D eigenvalue weighted by Crippen LogP contribution is -2.16. The Morgan fingerprint density at radius 3 is 2.71 bits per heavy atom. The molecule has 0 unspecified atom stereocenters. The standard InChI is InChI=1S/C8H11N3O3/c9-5-1-2-8(11(13)14)6(3-5)7(10)4-12/h1-3,7,12H,4,9-10H2/t7-/m0/s1. The van der Waals surface area contributed by atoms with Crippen LogP contribution in [0.5, 0.6) is 0 Å². The molecule has 5 N–H and O–H groups in total. The first-order valence-corrected chi connectivity index (χ1v) is 3.96. The third-order valence-electron chi connectivity index (χ3n) is 1.84. The second kappa shape index (κ2) is 4.03. The monoisotopic (exact) mass is 197 g/mol. The zero-order valence-corrected chi connectivity index (χ0v) is 7.38. The highest BCUT2D eigenvalue weighted by atomic mass is 16.6. The summed E-state index contributed by atoms with van der Waals surface area (Å²) >= 11 is 0. The predicted octanol–water partition coefficient (Wildman–Crippen LogP) is 0.169. The van der Waals surface area contributed by atoms with Gasteiger partial charge in [-0.2, -0.15) is 0 Å². The van der Waals surface area contributed by atoms with E-state index in [0.717, 1.165) is 0 Å². The van der Waals surface area contributed by atoms with Gasteiger partial charge in [0.25, 0.3) is 5.69 Å². The number of benzene rings is 1. The molecule has 0 heterocycles. The van der Waals surface area contributed by atoms with Crippen LogP contribution in [0.15, 0.2) is 18.2 Å². The molecule has 1 aromatic carbocycles. The lowest BCUT2D eigenvalue weighted by atomic mass is 10.1. The number of nitro benzene ring substituents is 1. The first-order valence-electron chi connectivity index (χ1n) is 3.96. The summed E-state index contributed by atoms with van der Waals surface area (Å²) in [5.74, 6) is 0. The number of anilines is 1. The molecule has 14 heavy (non-hydrogen) atoms. The molecule has 0 spiro atoms. The maximum atomic E-state index is 10.6. The molecule has 6 heteroatoms. The zero-order chi connectivity index (χ0) is 10.7. The number of nitrogens with two attached hydrogens (primary N) is 2. The normalized spacial score (nSPS) is 12.4. The summed E-state index contributed by atoms with van der Waals surface area (Å²) in [5.41, 5.74) is 11.5. The molecule has 0 aliphatic heterocycles. The van der Waals surface area contributed by atoms with Crippen LogP contribution in [-0.4, -0.2) is 16.6 Å². The van der Waals surface area contributed by atoms with Crippen molar-refractivity contribution in [2.45, 2.75) is 6.04 Å². The fraction of sp³-hybridized carbons (Fsp3) is 0.250. The molecule has 0 saturated heterocycles. The van der Waals surface area contributed by atoms with E-state index in [1.165, 1.54) is 18.2 Å². The summed E-state index contributed by atoms with van der Waals surface area (Å²) < 4.78 is 0. The minimum absolute atomic E-state index is 0.124. The van der Waals surface area contributed by atoms with Crippen molar-refractivity contribution in [3.8, 4) is 0 Å². The van der Waals surface area contributed by atoms with Crippen LogP contribution in [0.3, 0.4) is 0 Å². The first-order chi connectivity index (χ1) is 6.56. The lowest BCUT2D eigenvalue weighted by molar-refractivity contribution is -0.385. The fourth-order valence-corrected chi connectivity index (χ4v) is 1.13. The topological polar surface area (TPSA) is 115 Å². The number of nitrogen functional groups attached to an aromatic ring is 1. The van der Waals surface area contributed by atoms with Crippen LogP contribution in [0, 0.1) is 10.1 Å². The Labute approximate surface area is 80.3 Å². The molecular formula is C8H11N3O3. The Balaban J connectivity index is 3.22. The molecule has 0 radical (unpaired) electrons. The highest BCUT2D eigenvalue weighted by molar-refractivity contribution is 5.52. The van der Waals surface area contributed by atoms with Crippen LogP contribution >= 0.6 is 0 Å². The van der Waals surface area contributed by atoms with Gasteiger partial charge in [0.1, 0.15) is 0 Å². The van der Waals surface area contributed by atoms with Crippen molar-refractivity contribution in [3.05, 3.63) is 33.9 Å². The van der Waals surface area contributed by atoms with E-state index >= 15 is 0 Å². The van der Waals surface area contributed by atoms with Gasteiger partial charge in [-0.15, -0.1) is 0 Å². The van der Waals surface area contributed by atoms with Gasteiger partial charge in [0.05, 0.1) is 23.1 Å². The minimum atomic E-state index is -0.779. The molecule has 0 saturated carbocycles. The van der Waals surface area contributed by atoms with Crippen LogP contribution in [0.2, 0.25) is 0 Å². The van der Waals surface area contributed by atoms with E-state index in [-0.39, 0.29) is 17.9 Å². The van der Waals surface area contributed by atoms with Crippen LogP contribution in [0.4, 0.5) is 11.4 Å². The number of aliphatic hydroxyl groups excluding tert-OH is 1. The summed E-state index contributed by atoms with van der Waals surface area (Å²) in [4.78, 5) is 10.0. The average molecular weight is 197 g/mol. The molecule has 0 aliphatic carbocycles. The van der Waals surface area contributed by atoms with Crippen LogP contribution < -0.4 is 11.5 Å². The van der Waals surface area contributed by atoms with Gasteiger partial charge in [0.2, 0.25) is 0 Å². The summed E-state index contributed by atoms with van der Waals surface area (Å²) in [6.45, 7) is -0.357. The van der Waals surface area contributed by atoms with E-state index in [1.807, 2.05) is 0 Å². The minimum Gasteiger partial charge on any atom is -0.399 e. The van der Waals surface area contributed by atoms with Crippen molar-refractivity contribution in [1.82, 2.24) is 0 Å². The largest absolute Gasteiger partial charge is 0.399 e. The number of hydrogen-bond donors (Lipinski definition) is 3. The molecule has 0 fully saturated rings. The number of rotatable bonds is 3. The number of hydrogen-bond acceptors (Lipinski definition) is 5. The van der Waals surface area contributed by atoms with E-state index in [2.05, 4.69) is 0 Å². The van der Waals surface area contributed by atoms with Crippen molar-refractivity contribution >= 4 is 11.4 Å². The molecule has 0 aliphatic rings. The van der Waals surface area contributed by atoms with Gasteiger partial charge in [-0.1, -0.05) is 0 Å². The van der Waals surface area contributed by atoms with E-state index in [0.29, 0.717) is 5.69 Å². The Morgan fingerprint density at radius 2 is 2.21 bits per heavy atom. The molecular weight excluding hydrogens is 186 g/mol. The van der Waals surface area contributed by atoms with Gasteiger partial charge < -0.3 is 16.6 Å². The quantitative estimate of drug-likeness (QED) is 0.363. The summed E-state index contributed by atoms with van der Waals surface area (Å²) in [6.07, 6.45) is 0. The maximum absolute atomic E-state index is 10.6. The van der Waals surface area contributed by atoms with Crippen LogP contribution in [0.1, 0.15) is 11.6 Å². The van der Waals surface area contributed by atoms with Gasteiger partial charge >= 0.3 is 0 Å². The number of nitrogens with zero attached hydrogens (tertiary/aromatic N) is 1. The Bertz CT molecular complexity index is 354. The van der Waals surface area contributed by atoms with Gasteiger partial charge in [-0.3, -0.25) is 10.1 Å². The van der Waals surface area contributed by atoms with Gasteiger partial charge in [-0.05, 0) is 12.1 Å². The molecule has 0 aromatic heterocycles. The van der Waals surface area contributed by atoms with Gasteiger partial charge in [0, 0.05) is 11.8 Å². The summed E-state index contributed by atoms with van der Waals surface area (Å²) in [7, 11) is 0.